The highest BCUT2D eigenvalue weighted by Crippen LogP contribution is 2.08. The van der Waals surface area contributed by atoms with Crippen molar-refractivity contribution in [3.8, 4) is 0 Å². The SMILES string of the molecule is CCCCNC(=O)c1ccc(CN=C(NCC)NCCc2cccs2)cc1.I. The summed E-state index contributed by atoms with van der Waals surface area (Å²) in [6, 6.07) is 11.9. The molecule has 2 aromatic rings. The number of hydrogen-bond donors (Lipinski definition) is 3. The van der Waals surface area contributed by atoms with Crippen molar-refractivity contribution in [2.45, 2.75) is 39.7 Å². The topological polar surface area (TPSA) is 65.5 Å². The predicted octanol–water partition coefficient (Wildman–Crippen LogP) is 4.19. The van der Waals surface area contributed by atoms with Crippen LogP contribution in [0.15, 0.2) is 46.8 Å². The van der Waals surface area contributed by atoms with E-state index in [1.165, 1.54) is 4.88 Å². The Bertz CT molecular complexity index is 702. The summed E-state index contributed by atoms with van der Waals surface area (Å²) in [6.45, 7) is 7.14. The van der Waals surface area contributed by atoms with E-state index in [1.54, 1.807) is 11.3 Å². The Kier molecular flexibility index (Phi) is 12.6. The number of rotatable bonds is 10. The molecule has 0 unspecified atom stereocenters. The van der Waals surface area contributed by atoms with E-state index in [4.69, 9.17) is 0 Å². The summed E-state index contributed by atoms with van der Waals surface area (Å²) in [5.74, 6) is 0.803. The van der Waals surface area contributed by atoms with Crippen LogP contribution in [0.25, 0.3) is 0 Å². The number of thiophene rings is 1. The molecule has 1 aromatic carbocycles. The maximum absolute atomic E-state index is 12.0. The van der Waals surface area contributed by atoms with E-state index in [2.05, 4.69) is 52.3 Å². The minimum absolute atomic E-state index is 0. The fourth-order valence-electron chi connectivity index (χ4n) is 2.51. The quantitative estimate of drug-likeness (QED) is 0.193. The van der Waals surface area contributed by atoms with Gasteiger partial charge in [0.05, 0.1) is 6.54 Å². The summed E-state index contributed by atoms with van der Waals surface area (Å²) in [4.78, 5) is 18.0. The first kappa shape index (κ1) is 24.4. The maximum Gasteiger partial charge on any atom is 0.251 e. The molecule has 1 heterocycles. The number of carbonyl (C=O) groups excluding carboxylic acids is 1. The molecular formula is C21H31IN4OS. The molecule has 0 saturated heterocycles. The zero-order valence-corrected chi connectivity index (χ0v) is 19.8. The van der Waals surface area contributed by atoms with Crippen LogP contribution in [-0.2, 0) is 13.0 Å². The van der Waals surface area contributed by atoms with E-state index in [1.807, 2.05) is 24.3 Å². The lowest BCUT2D eigenvalue weighted by Crippen LogP contribution is -2.38. The highest BCUT2D eigenvalue weighted by atomic mass is 127. The largest absolute Gasteiger partial charge is 0.357 e. The van der Waals surface area contributed by atoms with Gasteiger partial charge in [0.25, 0.3) is 5.91 Å². The zero-order valence-electron chi connectivity index (χ0n) is 16.7. The van der Waals surface area contributed by atoms with Crippen molar-refractivity contribution in [3.05, 3.63) is 57.8 Å². The van der Waals surface area contributed by atoms with Crippen LogP contribution in [0, 0.1) is 0 Å². The van der Waals surface area contributed by atoms with Gasteiger partial charge >= 0.3 is 0 Å². The molecule has 28 heavy (non-hydrogen) atoms. The zero-order chi connectivity index (χ0) is 19.3. The Balaban J connectivity index is 0.00000392. The van der Waals surface area contributed by atoms with Crippen LogP contribution in [0.2, 0.25) is 0 Å². The van der Waals surface area contributed by atoms with Gasteiger partial charge in [-0.3, -0.25) is 4.79 Å². The number of guanidine groups is 1. The van der Waals surface area contributed by atoms with E-state index in [9.17, 15) is 4.79 Å². The van der Waals surface area contributed by atoms with Crippen LogP contribution in [0.1, 0.15) is 47.5 Å². The fraction of sp³-hybridized carbons (Fsp3) is 0.429. The Hall–Kier alpha value is -1.61. The van der Waals surface area contributed by atoms with Gasteiger partial charge in [-0.1, -0.05) is 31.5 Å². The summed E-state index contributed by atoms with van der Waals surface area (Å²) < 4.78 is 0. The van der Waals surface area contributed by atoms with Gasteiger partial charge in [0.2, 0.25) is 0 Å². The number of nitrogens with one attached hydrogen (secondary N) is 3. The van der Waals surface area contributed by atoms with Gasteiger partial charge in [-0.05, 0) is 48.9 Å². The molecule has 0 aliphatic rings. The Labute approximate surface area is 189 Å². The van der Waals surface area contributed by atoms with E-state index in [0.717, 1.165) is 50.4 Å². The molecule has 0 bridgehead atoms. The third-order valence-electron chi connectivity index (χ3n) is 4.04. The second-order valence-electron chi connectivity index (χ2n) is 6.26. The summed E-state index contributed by atoms with van der Waals surface area (Å²) >= 11 is 1.77. The van der Waals surface area contributed by atoms with Gasteiger partial charge < -0.3 is 16.0 Å². The Morgan fingerprint density at radius 2 is 1.82 bits per heavy atom. The maximum atomic E-state index is 12.0. The normalized spacial score (nSPS) is 10.9. The van der Waals surface area contributed by atoms with Gasteiger partial charge in [0.1, 0.15) is 0 Å². The number of carbonyl (C=O) groups is 1. The van der Waals surface area contributed by atoms with Crippen molar-refractivity contribution in [3.63, 3.8) is 0 Å². The molecule has 7 heteroatoms. The second kappa shape index (κ2) is 14.4. The van der Waals surface area contributed by atoms with Gasteiger partial charge in [0, 0.05) is 30.1 Å². The van der Waals surface area contributed by atoms with E-state index < -0.39 is 0 Å². The first-order valence-corrected chi connectivity index (χ1v) is 10.5. The van der Waals surface area contributed by atoms with Crippen LogP contribution in [0.4, 0.5) is 0 Å². The third-order valence-corrected chi connectivity index (χ3v) is 4.98. The minimum atomic E-state index is -0.0120. The number of benzene rings is 1. The molecule has 0 fully saturated rings. The van der Waals surface area contributed by atoms with Crippen molar-refractivity contribution in [1.29, 1.82) is 0 Å². The molecule has 0 spiro atoms. The van der Waals surface area contributed by atoms with Crippen LogP contribution < -0.4 is 16.0 Å². The molecule has 1 aromatic heterocycles. The van der Waals surface area contributed by atoms with Crippen molar-refractivity contribution in [2.75, 3.05) is 19.6 Å². The smallest absolute Gasteiger partial charge is 0.251 e. The number of aliphatic imine (C=N–C) groups is 1. The number of nitrogens with zero attached hydrogens (tertiary/aromatic N) is 1. The first-order chi connectivity index (χ1) is 13.2. The average molecular weight is 514 g/mol. The molecule has 0 aliphatic heterocycles. The molecule has 3 N–H and O–H groups in total. The van der Waals surface area contributed by atoms with Crippen LogP contribution in [0.3, 0.4) is 0 Å². The Morgan fingerprint density at radius 1 is 1.04 bits per heavy atom. The van der Waals surface area contributed by atoms with Gasteiger partial charge in [-0.25, -0.2) is 4.99 Å². The molecule has 154 valence electrons. The van der Waals surface area contributed by atoms with Crippen molar-refractivity contribution < 1.29 is 4.79 Å². The number of amides is 1. The lowest BCUT2D eigenvalue weighted by Gasteiger charge is -2.11. The summed E-state index contributed by atoms with van der Waals surface area (Å²) in [7, 11) is 0. The van der Waals surface area contributed by atoms with Crippen molar-refractivity contribution in [1.82, 2.24) is 16.0 Å². The van der Waals surface area contributed by atoms with E-state index in [0.29, 0.717) is 12.1 Å². The second-order valence-corrected chi connectivity index (χ2v) is 7.29. The number of hydrogen-bond acceptors (Lipinski definition) is 3. The molecule has 0 atom stereocenters. The number of unbranched alkanes of at least 4 members (excludes halogenated alkanes) is 1. The molecule has 2 rings (SSSR count). The fourth-order valence-corrected chi connectivity index (χ4v) is 3.22. The summed E-state index contributed by atoms with van der Waals surface area (Å²) in [6.07, 6.45) is 3.07. The molecule has 0 aliphatic carbocycles. The van der Waals surface area contributed by atoms with Gasteiger partial charge in [0.15, 0.2) is 5.96 Å². The van der Waals surface area contributed by atoms with Crippen LogP contribution in [0.5, 0.6) is 0 Å². The third kappa shape index (κ3) is 9.05. The van der Waals surface area contributed by atoms with Gasteiger partial charge in [-0.2, -0.15) is 0 Å². The molecule has 0 saturated carbocycles. The highest BCUT2D eigenvalue weighted by molar-refractivity contribution is 14.0. The van der Waals surface area contributed by atoms with Crippen molar-refractivity contribution >= 4 is 47.2 Å². The standard InChI is InChI=1S/C21H30N4OS.HI/c1-3-5-13-23-20(26)18-10-8-17(9-11-18)16-25-21(22-4-2)24-14-12-19-7-6-15-27-19;/h6-11,15H,3-5,12-14,16H2,1-2H3,(H,23,26)(H2,22,24,25);1H. The minimum Gasteiger partial charge on any atom is -0.357 e. The molecule has 0 radical (unpaired) electrons. The highest BCUT2D eigenvalue weighted by Gasteiger charge is 2.04. The van der Waals surface area contributed by atoms with Crippen LogP contribution >= 0.6 is 35.3 Å². The Morgan fingerprint density at radius 3 is 2.46 bits per heavy atom. The average Bonchev–Trinajstić information content (AvgIpc) is 3.20. The summed E-state index contributed by atoms with van der Waals surface area (Å²) in [5.41, 5.74) is 1.77. The van der Waals surface area contributed by atoms with E-state index >= 15 is 0 Å². The molecular weight excluding hydrogens is 483 g/mol. The molecule has 1 amide bonds. The first-order valence-electron chi connectivity index (χ1n) is 9.64. The lowest BCUT2D eigenvalue weighted by atomic mass is 10.1. The molecule has 5 nitrogen and oxygen atoms in total. The van der Waals surface area contributed by atoms with E-state index in [-0.39, 0.29) is 29.9 Å². The lowest BCUT2D eigenvalue weighted by molar-refractivity contribution is 0.0953. The van der Waals surface area contributed by atoms with Crippen LogP contribution in [-0.4, -0.2) is 31.5 Å². The van der Waals surface area contributed by atoms with Gasteiger partial charge in [-0.15, -0.1) is 35.3 Å². The summed E-state index contributed by atoms with van der Waals surface area (Å²) in [5, 5.41) is 11.7. The predicted molar refractivity (Wildman–Crippen MR) is 130 cm³/mol. The number of halogens is 1. The monoisotopic (exact) mass is 514 g/mol. The van der Waals surface area contributed by atoms with Crippen molar-refractivity contribution in [2.24, 2.45) is 4.99 Å².